The predicted molar refractivity (Wildman–Crippen MR) is 149 cm³/mol. The van der Waals surface area contributed by atoms with E-state index < -0.39 is 28.6 Å². The molecule has 1 atom stereocenters. The zero-order chi connectivity index (χ0) is 28.0. The Balaban J connectivity index is 0.00000420. The van der Waals surface area contributed by atoms with Crippen LogP contribution in [0.15, 0.2) is 24.4 Å². The molecule has 0 aliphatic heterocycles. The van der Waals surface area contributed by atoms with E-state index in [1.165, 1.54) is 21.6 Å². The molecule has 1 aromatic carbocycles. The Morgan fingerprint density at radius 2 is 1.85 bits per heavy atom. The summed E-state index contributed by atoms with van der Waals surface area (Å²) in [5, 5.41) is 10.8. The van der Waals surface area contributed by atoms with E-state index in [4.69, 9.17) is 14.8 Å². The molecule has 3 aromatic rings. The van der Waals surface area contributed by atoms with Crippen molar-refractivity contribution in [3.63, 3.8) is 0 Å². The van der Waals surface area contributed by atoms with Crippen LogP contribution in [0.2, 0.25) is 0 Å². The monoisotopic (exact) mass is 592 g/mol. The zero-order valence-corrected chi connectivity index (χ0v) is 25.4. The number of nitrogens with one attached hydrogen (secondary N) is 2. The molecule has 0 fully saturated rings. The molecular formula is C27H33ClN4O5S2. The third kappa shape index (κ3) is 5.62. The van der Waals surface area contributed by atoms with Gasteiger partial charge in [-0.1, -0.05) is 26.6 Å². The lowest BCUT2D eigenvalue weighted by molar-refractivity contribution is -0.610. The van der Waals surface area contributed by atoms with Crippen LogP contribution in [0.5, 0.6) is 5.75 Å². The Hall–Kier alpha value is -2.76. The second kappa shape index (κ2) is 11.4. The number of aliphatic carboxylic acids is 1. The highest BCUT2D eigenvalue weighted by Crippen LogP contribution is 2.47. The zero-order valence-electron chi connectivity index (χ0n) is 23.0. The molecule has 2 heterocycles. The number of pyridine rings is 1. The summed E-state index contributed by atoms with van der Waals surface area (Å²) in [5.74, 6) is 0.735. The largest absolute Gasteiger partial charge is 1.00 e. The molecule has 1 unspecified atom stereocenters. The van der Waals surface area contributed by atoms with Crippen LogP contribution in [-0.2, 0) is 31.0 Å². The number of rotatable bonds is 9. The van der Waals surface area contributed by atoms with Crippen LogP contribution >= 0.6 is 21.6 Å². The van der Waals surface area contributed by atoms with E-state index in [9.17, 15) is 14.4 Å². The molecule has 0 radical (unpaired) electrons. The molecule has 210 valence electrons. The van der Waals surface area contributed by atoms with Gasteiger partial charge in [-0.05, 0) is 64.8 Å². The Bertz CT molecular complexity index is 1400. The first-order valence-corrected chi connectivity index (χ1v) is 14.6. The van der Waals surface area contributed by atoms with Gasteiger partial charge in [0.2, 0.25) is 5.91 Å². The molecule has 1 aliphatic carbocycles. The van der Waals surface area contributed by atoms with Gasteiger partial charge in [0.15, 0.2) is 11.3 Å². The van der Waals surface area contributed by atoms with Gasteiger partial charge in [0.25, 0.3) is 0 Å². The van der Waals surface area contributed by atoms with Crippen LogP contribution in [0.25, 0.3) is 17.0 Å². The molecular weight excluding hydrogens is 560 g/mol. The molecule has 9 nitrogen and oxygen atoms in total. The predicted octanol–water partition coefficient (Wildman–Crippen LogP) is 0.769. The fraction of sp³-hybridized carbons (Fsp3) is 0.444. The van der Waals surface area contributed by atoms with Gasteiger partial charge in [0, 0.05) is 22.5 Å². The van der Waals surface area contributed by atoms with Crippen LogP contribution in [0, 0.1) is 6.92 Å². The van der Waals surface area contributed by atoms with Crippen molar-refractivity contribution in [3.8, 4) is 11.7 Å². The van der Waals surface area contributed by atoms with Crippen molar-refractivity contribution in [2.75, 3.05) is 13.7 Å². The molecule has 4 rings (SSSR count). The Morgan fingerprint density at radius 1 is 1.21 bits per heavy atom. The SMILES string of the molecule is COc1cc[n+](-c2nc3cc4c(cc3[nH]2)C(C)(C)C(=O)C4(C)C)c(CSSC(C)C(=O)NCC(=O)O)c1C.[Cl-]. The number of amides is 1. The normalized spacial score (nSPS) is 15.9. The number of H-pyrrole nitrogens is 1. The average Bonchev–Trinajstić information content (AvgIpc) is 3.34. The minimum atomic E-state index is -1.08. The number of hydrogen-bond acceptors (Lipinski definition) is 7. The van der Waals surface area contributed by atoms with E-state index >= 15 is 0 Å². The third-order valence-electron chi connectivity index (χ3n) is 7.20. The van der Waals surface area contributed by atoms with Crippen molar-refractivity contribution in [2.24, 2.45) is 0 Å². The van der Waals surface area contributed by atoms with Gasteiger partial charge >= 0.3 is 11.9 Å². The highest BCUT2D eigenvalue weighted by molar-refractivity contribution is 8.76. The molecule has 1 amide bonds. The van der Waals surface area contributed by atoms with E-state index in [0.717, 1.165) is 39.2 Å². The number of nitrogens with zero attached hydrogens (tertiary/aromatic N) is 2. The number of benzene rings is 1. The van der Waals surface area contributed by atoms with Crippen molar-refractivity contribution >= 4 is 50.3 Å². The molecule has 0 bridgehead atoms. The van der Waals surface area contributed by atoms with Crippen LogP contribution in [0.3, 0.4) is 0 Å². The van der Waals surface area contributed by atoms with Gasteiger partial charge in [-0.3, -0.25) is 14.4 Å². The molecule has 1 aliphatic rings. The first-order valence-electron chi connectivity index (χ1n) is 12.2. The quantitative estimate of drug-likeness (QED) is 0.246. The van der Waals surface area contributed by atoms with Crippen LogP contribution < -0.4 is 27.0 Å². The standard InChI is InChI=1S/C27H32N4O5S2.ClH/c1-14-20(13-37-38-15(2)23(34)28-12-22(32)33)31(9-8-21(14)36-7)25-29-18-10-16-17(11-19(18)30-25)27(5,6)24(35)26(16,3)4;/h8-11,15H,12-13H2,1-7H3,(H2-,28,29,30,32,33,34);1H. The number of imidazole rings is 1. The highest BCUT2D eigenvalue weighted by Gasteiger charge is 2.50. The lowest BCUT2D eigenvalue weighted by Crippen LogP contribution is -3.00. The van der Waals surface area contributed by atoms with Gasteiger partial charge < -0.3 is 27.6 Å². The lowest BCUT2D eigenvalue weighted by atomic mass is 9.80. The van der Waals surface area contributed by atoms with Gasteiger partial charge in [0.05, 0.1) is 24.3 Å². The van der Waals surface area contributed by atoms with Gasteiger partial charge in [-0.25, -0.2) is 9.55 Å². The topological polar surface area (TPSA) is 125 Å². The van der Waals surface area contributed by atoms with Crippen molar-refractivity contribution in [2.45, 2.75) is 63.4 Å². The molecule has 39 heavy (non-hydrogen) atoms. The minimum Gasteiger partial charge on any atom is -1.00 e. The summed E-state index contributed by atoms with van der Waals surface area (Å²) < 4.78 is 7.53. The molecule has 12 heteroatoms. The number of carboxylic acids is 1. The summed E-state index contributed by atoms with van der Waals surface area (Å²) in [5.41, 5.74) is 4.41. The van der Waals surface area contributed by atoms with Crippen molar-refractivity contribution in [1.82, 2.24) is 15.3 Å². The Kier molecular flexibility index (Phi) is 8.98. The number of carbonyl (C=O) groups excluding carboxylic acids is 2. The number of aromatic nitrogens is 3. The number of ketones is 1. The molecule has 3 N–H and O–H groups in total. The average molecular weight is 593 g/mol. The van der Waals surface area contributed by atoms with Gasteiger partial charge in [-0.2, -0.15) is 0 Å². The number of methoxy groups -OCH3 is 1. The Morgan fingerprint density at radius 3 is 2.46 bits per heavy atom. The number of ether oxygens (including phenoxy) is 1. The number of hydrogen-bond donors (Lipinski definition) is 3. The Labute approximate surface area is 241 Å². The van der Waals surface area contributed by atoms with E-state index in [1.54, 1.807) is 14.0 Å². The molecule has 2 aromatic heterocycles. The second-order valence-electron chi connectivity index (χ2n) is 10.5. The maximum Gasteiger partial charge on any atom is 0.402 e. The van der Waals surface area contributed by atoms with E-state index in [1.807, 2.05) is 63.6 Å². The van der Waals surface area contributed by atoms with Crippen molar-refractivity contribution in [3.05, 3.63) is 46.8 Å². The number of fused-ring (bicyclic) bond motifs is 2. The molecule has 0 spiro atoms. The van der Waals surface area contributed by atoms with Crippen LogP contribution in [0.4, 0.5) is 0 Å². The summed E-state index contributed by atoms with van der Waals surface area (Å²) in [6.07, 6.45) is 1.90. The summed E-state index contributed by atoms with van der Waals surface area (Å²) in [6.45, 7) is 11.2. The highest BCUT2D eigenvalue weighted by atomic mass is 35.5. The first kappa shape index (κ1) is 30.8. The third-order valence-corrected chi connectivity index (χ3v) is 9.86. The van der Waals surface area contributed by atoms with E-state index in [0.29, 0.717) is 11.7 Å². The second-order valence-corrected chi connectivity index (χ2v) is 13.2. The number of carbonyl (C=O) groups is 3. The van der Waals surface area contributed by atoms with Gasteiger partial charge in [-0.15, -0.1) is 0 Å². The van der Waals surface area contributed by atoms with E-state index in [2.05, 4.69) is 10.3 Å². The summed E-state index contributed by atoms with van der Waals surface area (Å²) in [7, 11) is 4.49. The molecule has 0 saturated heterocycles. The number of Topliss-reactive ketones (excluding diaryl/α,β-unsaturated/α-hetero) is 1. The number of halogens is 1. The van der Waals surface area contributed by atoms with E-state index in [-0.39, 0.29) is 24.1 Å². The minimum absolute atomic E-state index is 0. The van der Waals surface area contributed by atoms with Crippen LogP contribution in [0.1, 0.15) is 57.0 Å². The smallest absolute Gasteiger partial charge is 0.402 e. The molecule has 0 saturated carbocycles. The van der Waals surface area contributed by atoms with Crippen LogP contribution in [-0.4, -0.2) is 51.6 Å². The maximum absolute atomic E-state index is 13.1. The van der Waals surface area contributed by atoms with Crippen molar-refractivity contribution in [1.29, 1.82) is 0 Å². The fourth-order valence-corrected chi connectivity index (χ4v) is 7.36. The fourth-order valence-electron chi connectivity index (χ4n) is 5.04. The summed E-state index contributed by atoms with van der Waals surface area (Å²) in [6, 6.07) is 5.96. The number of aromatic amines is 1. The summed E-state index contributed by atoms with van der Waals surface area (Å²) >= 11 is 0. The van der Waals surface area contributed by atoms with Gasteiger partial charge in [0.1, 0.15) is 23.5 Å². The summed E-state index contributed by atoms with van der Waals surface area (Å²) in [4.78, 5) is 44.3. The maximum atomic E-state index is 13.1. The lowest BCUT2D eigenvalue weighted by Gasteiger charge is -2.21. The first-order chi connectivity index (χ1) is 17.8. The van der Waals surface area contributed by atoms with Crippen molar-refractivity contribution < 1.29 is 41.2 Å². The number of carboxylic acid groups (broad SMARTS) is 1.